The third-order valence-corrected chi connectivity index (χ3v) is 5.16. The molecule has 0 fully saturated rings. The molecule has 0 aliphatic carbocycles. The molecule has 24 heavy (non-hydrogen) atoms. The van der Waals surface area contributed by atoms with Gasteiger partial charge in [-0.15, -0.1) is 11.3 Å². The quantitative estimate of drug-likeness (QED) is 0.719. The van der Waals surface area contributed by atoms with E-state index in [0.29, 0.717) is 5.75 Å². The standard InChI is InChI=1S/C19H19NO3S/c1-22-16-9-5-4-8-14(16)19(20,11-18(21)23-2)15-12-24-17-10-6-3-7-13(15)17/h3-10,12H,11,20H2,1-2H3. The molecule has 0 saturated carbocycles. The topological polar surface area (TPSA) is 61.5 Å². The molecule has 0 saturated heterocycles. The number of carbonyl (C=O) groups excluding carboxylic acids is 1. The normalized spacial score (nSPS) is 13.5. The Labute approximate surface area is 144 Å². The van der Waals surface area contributed by atoms with Gasteiger partial charge in [0.05, 0.1) is 26.2 Å². The second-order valence-electron chi connectivity index (χ2n) is 5.57. The zero-order valence-electron chi connectivity index (χ0n) is 13.6. The molecule has 1 unspecified atom stereocenters. The van der Waals surface area contributed by atoms with E-state index in [2.05, 4.69) is 0 Å². The molecule has 2 N–H and O–H groups in total. The summed E-state index contributed by atoms with van der Waals surface area (Å²) in [6.07, 6.45) is 0.0323. The van der Waals surface area contributed by atoms with Gasteiger partial charge in [-0.25, -0.2) is 0 Å². The lowest BCUT2D eigenvalue weighted by atomic mass is 9.80. The number of thiophene rings is 1. The van der Waals surface area contributed by atoms with E-state index < -0.39 is 5.54 Å². The first-order valence-electron chi connectivity index (χ1n) is 7.56. The van der Waals surface area contributed by atoms with Crippen LogP contribution in [-0.4, -0.2) is 20.2 Å². The summed E-state index contributed by atoms with van der Waals surface area (Å²) in [7, 11) is 2.97. The first-order valence-corrected chi connectivity index (χ1v) is 8.44. The molecule has 1 atom stereocenters. The lowest BCUT2D eigenvalue weighted by Gasteiger charge is -2.30. The molecule has 0 aliphatic heterocycles. The van der Waals surface area contributed by atoms with Gasteiger partial charge in [0.1, 0.15) is 5.75 Å². The average Bonchev–Trinajstić information content (AvgIpc) is 3.06. The zero-order chi connectivity index (χ0) is 17.2. The number of esters is 1. The zero-order valence-corrected chi connectivity index (χ0v) is 14.4. The number of ether oxygens (including phenoxy) is 2. The van der Waals surface area contributed by atoms with Crippen LogP contribution in [0.25, 0.3) is 10.1 Å². The van der Waals surface area contributed by atoms with Gasteiger partial charge in [-0.2, -0.15) is 0 Å². The Bertz CT molecular complexity index is 874. The molecule has 5 heteroatoms. The van der Waals surface area contributed by atoms with Crippen molar-refractivity contribution in [2.75, 3.05) is 14.2 Å². The summed E-state index contributed by atoms with van der Waals surface area (Å²) in [6, 6.07) is 15.6. The van der Waals surface area contributed by atoms with Crippen molar-refractivity contribution in [3.63, 3.8) is 0 Å². The number of hydrogen-bond acceptors (Lipinski definition) is 5. The Morgan fingerprint density at radius 2 is 1.79 bits per heavy atom. The number of nitrogens with two attached hydrogens (primary N) is 1. The van der Waals surface area contributed by atoms with Crippen molar-refractivity contribution in [3.05, 3.63) is 65.0 Å². The second kappa shape index (κ2) is 6.63. The van der Waals surface area contributed by atoms with Crippen LogP contribution in [-0.2, 0) is 15.1 Å². The summed E-state index contributed by atoms with van der Waals surface area (Å²) in [5.74, 6) is 0.290. The summed E-state index contributed by atoms with van der Waals surface area (Å²) in [6.45, 7) is 0. The first-order chi connectivity index (χ1) is 11.6. The smallest absolute Gasteiger partial charge is 0.308 e. The van der Waals surface area contributed by atoms with Gasteiger partial charge in [0.2, 0.25) is 0 Å². The predicted octanol–water partition coefficient (Wildman–Crippen LogP) is 3.68. The SMILES string of the molecule is COC(=O)CC(N)(c1ccccc1OC)c1csc2ccccc12. The maximum absolute atomic E-state index is 12.1. The minimum absolute atomic E-state index is 0.0323. The fourth-order valence-corrected chi connectivity index (χ4v) is 4.02. The van der Waals surface area contributed by atoms with Crippen molar-refractivity contribution in [3.8, 4) is 5.75 Å². The largest absolute Gasteiger partial charge is 0.496 e. The van der Waals surface area contributed by atoms with Gasteiger partial charge in [0, 0.05) is 10.3 Å². The van der Waals surface area contributed by atoms with E-state index in [1.807, 2.05) is 53.9 Å². The summed E-state index contributed by atoms with van der Waals surface area (Å²) in [5, 5.41) is 3.06. The lowest BCUT2D eigenvalue weighted by molar-refractivity contribution is -0.141. The molecule has 0 spiro atoms. The number of rotatable bonds is 5. The molecule has 124 valence electrons. The number of methoxy groups -OCH3 is 2. The van der Waals surface area contributed by atoms with Crippen LogP contribution in [0, 0.1) is 0 Å². The maximum Gasteiger partial charge on any atom is 0.308 e. The highest BCUT2D eigenvalue weighted by molar-refractivity contribution is 7.17. The van der Waals surface area contributed by atoms with Crippen LogP contribution in [0.5, 0.6) is 5.75 Å². The third-order valence-electron chi connectivity index (χ3n) is 4.20. The minimum Gasteiger partial charge on any atom is -0.496 e. The number of carbonyl (C=O) groups is 1. The van der Waals surface area contributed by atoms with Gasteiger partial charge >= 0.3 is 5.97 Å². The summed E-state index contributed by atoms with van der Waals surface area (Å²) in [5.41, 5.74) is 7.47. The van der Waals surface area contributed by atoms with Crippen LogP contribution < -0.4 is 10.5 Å². The summed E-state index contributed by atoms with van der Waals surface area (Å²) >= 11 is 1.61. The number of benzene rings is 2. The van der Waals surface area contributed by atoms with Gasteiger partial charge in [-0.1, -0.05) is 36.4 Å². The summed E-state index contributed by atoms with van der Waals surface area (Å²) in [4.78, 5) is 12.1. The molecule has 3 aromatic rings. The van der Waals surface area contributed by atoms with Crippen molar-refractivity contribution in [1.29, 1.82) is 0 Å². The molecule has 1 heterocycles. The van der Waals surface area contributed by atoms with Gasteiger partial charge in [-0.3, -0.25) is 4.79 Å². The molecule has 1 aromatic heterocycles. The predicted molar refractivity (Wildman–Crippen MR) is 96.4 cm³/mol. The second-order valence-corrected chi connectivity index (χ2v) is 6.48. The Morgan fingerprint density at radius 1 is 1.08 bits per heavy atom. The Kier molecular flexibility index (Phi) is 4.55. The van der Waals surface area contributed by atoms with Gasteiger partial charge in [-0.05, 0) is 28.5 Å². The molecule has 0 radical (unpaired) electrons. The van der Waals surface area contributed by atoms with Crippen LogP contribution in [0.1, 0.15) is 17.5 Å². The molecule has 0 amide bonds. The van der Waals surface area contributed by atoms with Crippen molar-refractivity contribution in [2.45, 2.75) is 12.0 Å². The van der Waals surface area contributed by atoms with Crippen LogP contribution in [0.2, 0.25) is 0 Å². The number of para-hydroxylation sites is 1. The Balaban J connectivity index is 2.24. The highest BCUT2D eigenvalue weighted by Gasteiger charge is 2.37. The van der Waals surface area contributed by atoms with E-state index in [9.17, 15) is 4.79 Å². The van der Waals surface area contributed by atoms with E-state index in [0.717, 1.165) is 21.2 Å². The molecule has 3 rings (SSSR count). The van der Waals surface area contributed by atoms with Gasteiger partial charge < -0.3 is 15.2 Å². The Morgan fingerprint density at radius 3 is 2.54 bits per heavy atom. The van der Waals surface area contributed by atoms with E-state index >= 15 is 0 Å². The number of fused-ring (bicyclic) bond motifs is 1. The average molecular weight is 341 g/mol. The fourth-order valence-electron chi connectivity index (χ4n) is 2.97. The molecule has 2 aromatic carbocycles. The highest BCUT2D eigenvalue weighted by atomic mass is 32.1. The molecular formula is C19H19NO3S. The van der Waals surface area contributed by atoms with E-state index in [4.69, 9.17) is 15.2 Å². The van der Waals surface area contributed by atoms with Crippen molar-refractivity contribution in [1.82, 2.24) is 0 Å². The van der Waals surface area contributed by atoms with E-state index in [1.165, 1.54) is 7.11 Å². The van der Waals surface area contributed by atoms with Gasteiger partial charge in [0.15, 0.2) is 0 Å². The maximum atomic E-state index is 12.1. The van der Waals surface area contributed by atoms with Gasteiger partial charge in [0.25, 0.3) is 0 Å². The number of hydrogen-bond donors (Lipinski definition) is 1. The first kappa shape index (κ1) is 16.5. The van der Waals surface area contributed by atoms with Crippen LogP contribution in [0.15, 0.2) is 53.9 Å². The lowest BCUT2D eigenvalue weighted by Crippen LogP contribution is -2.40. The molecule has 0 bridgehead atoms. The molecular weight excluding hydrogens is 322 g/mol. The summed E-state index contributed by atoms with van der Waals surface area (Å²) < 4.78 is 11.5. The minimum atomic E-state index is -1.03. The molecule has 0 aliphatic rings. The van der Waals surface area contributed by atoms with Crippen LogP contribution >= 0.6 is 11.3 Å². The molecule has 4 nitrogen and oxygen atoms in total. The Hall–Kier alpha value is -2.37. The van der Waals surface area contributed by atoms with Crippen molar-refractivity contribution in [2.24, 2.45) is 5.73 Å². The third kappa shape index (κ3) is 2.77. The van der Waals surface area contributed by atoms with Crippen molar-refractivity contribution >= 4 is 27.4 Å². The van der Waals surface area contributed by atoms with E-state index in [1.54, 1.807) is 18.4 Å². The monoisotopic (exact) mass is 341 g/mol. The fraction of sp³-hybridized carbons (Fsp3) is 0.211. The van der Waals surface area contributed by atoms with E-state index in [-0.39, 0.29) is 12.4 Å². The van der Waals surface area contributed by atoms with Crippen molar-refractivity contribution < 1.29 is 14.3 Å². The van der Waals surface area contributed by atoms with Crippen LogP contribution in [0.4, 0.5) is 0 Å². The van der Waals surface area contributed by atoms with Crippen LogP contribution in [0.3, 0.4) is 0 Å². The highest BCUT2D eigenvalue weighted by Crippen LogP contribution is 2.41.